The van der Waals surface area contributed by atoms with Crippen molar-refractivity contribution in [1.82, 2.24) is 0 Å². The largest absolute Gasteiger partial charge is 0.317 e. The molecular formula is C4H9NSi. The van der Waals surface area contributed by atoms with Gasteiger partial charge in [-0.2, -0.15) is 0 Å². The average Bonchev–Trinajstić information content (AvgIpc) is 1.61. The molecule has 0 aliphatic heterocycles. The summed E-state index contributed by atoms with van der Waals surface area (Å²) in [6.07, 6.45) is 1.12. The van der Waals surface area contributed by atoms with Crippen molar-refractivity contribution in [2.75, 3.05) is 6.54 Å². The zero-order valence-electron chi connectivity index (χ0n) is 4.07. The highest BCUT2D eigenvalue weighted by Gasteiger charge is 1.77. The van der Waals surface area contributed by atoms with Crippen LogP contribution in [-0.4, -0.2) is 16.8 Å². The van der Waals surface area contributed by atoms with Gasteiger partial charge in [-0.1, -0.05) is 6.04 Å². The van der Waals surface area contributed by atoms with E-state index in [2.05, 4.69) is 4.85 Å². The Labute approximate surface area is 41.6 Å². The van der Waals surface area contributed by atoms with Gasteiger partial charge in [-0.3, -0.25) is 0 Å². The third-order valence-corrected chi connectivity index (χ3v) is 1.33. The lowest BCUT2D eigenvalue weighted by molar-refractivity contribution is 1.03. The molecule has 2 heteroatoms. The maximum absolute atomic E-state index is 6.35. The van der Waals surface area contributed by atoms with E-state index in [4.69, 9.17) is 6.57 Å². The molecule has 0 unspecified atom stereocenters. The van der Waals surface area contributed by atoms with Gasteiger partial charge >= 0.3 is 0 Å². The molecule has 0 atom stereocenters. The number of hydrogen-bond donors (Lipinski definition) is 0. The Morgan fingerprint density at radius 1 is 1.67 bits per heavy atom. The van der Waals surface area contributed by atoms with Crippen LogP contribution < -0.4 is 0 Å². The Kier molecular flexibility index (Phi) is 4.48. The molecule has 0 aromatic rings. The fourth-order valence-electron chi connectivity index (χ4n) is 0.237. The van der Waals surface area contributed by atoms with Gasteiger partial charge in [0.15, 0.2) is 0 Å². The van der Waals surface area contributed by atoms with E-state index >= 15 is 0 Å². The van der Waals surface area contributed by atoms with E-state index in [-0.39, 0.29) is 0 Å². The highest BCUT2D eigenvalue weighted by molar-refractivity contribution is 6.08. The Morgan fingerprint density at radius 3 is 2.50 bits per heavy atom. The summed E-state index contributed by atoms with van der Waals surface area (Å²) in [6, 6.07) is 1.28. The molecule has 0 aliphatic carbocycles. The van der Waals surface area contributed by atoms with Crippen molar-refractivity contribution in [2.24, 2.45) is 0 Å². The van der Waals surface area contributed by atoms with Crippen LogP contribution in [0.15, 0.2) is 0 Å². The van der Waals surface area contributed by atoms with Crippen LogP contribution in [0, 0.1) is 6.57 Å². The molecule has 0 aliphatic rings. The summed E-state index contributed by atoms with van der Waals surface area (Å²) in [5.41, 5.74) is 0. The van der Waals surface area contributed by atoms with Gasteiger partial charge in [-0.15, -0.1) is 0 Å². The first-order valence-corrected chi connectivity index (χ1v) is 3.66. The van der Waals surface area contributed by atoms with Crippen LogP contribution in [0.5, 0.6) is 0 Å². The van der Waals surface area contributed by atoms with Crippen molar-refractivity contribution < 1.29 is 0 Å². The van der Waals surface area contributed by atoms with Crippen molar-refractivity contribution in [3.05, 3.63) is 11.4 Å². The Bertz CT molecular complexity index is 55.1. The highest BCUT2D eigenvalue weighted by Crippen LogP contribution is 1.81. The summed E-state index contributed by atoms with van der Waals surface area (Å²) >= 11 is 0. The minimum Gasteiger partial charge on any atom is -0.317 e. The van der Waals surface area contributed by atoms with Crippen molar-refractivity contribution in [1.29, 1.82) is 0 Å². The molecule has 0 fully saturated rings. The van der Waals surface area contributed by atoms with E-state index in [1.54, 1.807) is 0 Å². The van der Waals surface area contributed by atoms with Gasteiger partial charge in [0.2, 0.25) is 6.54 Å². The molecule has 0 aromatic carbocycles. The Morgan fingerprint density at radius 2 is 2.33 bits per heavy atom. The molecule has 0 rings (SSSR count). The SMILES string of the molecule is [C-]#[N+]CCC[SiH3]. The molecule has 0 radical (unpaired) electrons. The predicted octanol–water partition coefficient (Wildman–Crippen LogP) is 0.0795. The summed E-state index contributed by atoms with van der Waals surface area (Å²) < 4.78 is 0. The van der Waals surface area contributed by atoms with Gasteiger partial charge in [-0.25, -0.2) is 6.57 Å². The van der Waals surface area contributed by atoms with Crippen LogP contribution in [0.25, 0.3) is 4.85 Å². The topological polar surface area (TPSA) is 4.36 Å². The minimum atomic E-state index is 0.740. The second-order valence-electron chi connectivity index (χ2n) is 1.24. The fourth-order valence-corrected chi connectivity index (χ4v) is 0.553. The summed E-state index contributed by atoms with van der Waals surface area (Å²) in [4.78, 5) is 3.20. The van der Waals surface area contributed by atoms with Gasteiger partial charge in [0, 0.05) is 16.7 Å². The summed E-state index contributed by atoms with van der Waals surface area (Å²) in [6.45, 7) is 7.09. The lowest BCUT2D eigenvalue weighted by atomic mass is 10.5. The first-order chi connectivity index (χ1) is 2.91. The van der Waals surface area contributed by atoms with Crippen LogP contribution in [0.3, 0.4) is 0 Å². The summed E-state index contributed by atoms with van der Waals surface area (Å²) in [5.74, 6) is 0. The zero-order chi connectivity index (χ0) is 4.83. The van der Waals surface area contributed by atoms with Crippen LogP contribution in [0.4, 0.5) is 0 Å². The number of rotatable bonds is 2. The maximum Gasteiger partial charge on any atom is 0.214 e. The predicted molar refractivity (Wildman–Crippen MR) is 30.8 cm³/mol. The second-order valence-corrected chi connectivity index (χ2v) is 2.24. The quantitative estimate of drug-likeness (QED) is 0.262. The molecule has 0 bridgehead atoms. The van der Waals surface area contributed by atoms with Crippen LogP contribution in [0.2, 0.25) is 6.04 Å². The monoisotopic (exact) mass is 99.1 g/mol. The zero-order valence-corrected chi connectivity index (χ0v) is 6.07. The summed E-state index contributed by atoms with van der Waals surface area (Å²) in [7, 11) is 1.26. The van der Waals surface area contributed by atoms with Gasteiger partial charge in [0.25, 0.3) is 0 Å². The molecule has 0 N–H and O–H groups in total. The standard InChI is InChI=1S/C4H9NSi/c1-5-3-2-4-6/h2-4H2,6H3. The normalized spacial score (nSPS) is 7.83. The van der Waals surface area contributed by atoms with E-state index in [9.17, 15) is 0 Å². The van der Waals surface area contributed by atoms with Gasteiger partial charge in [-0.05, 0) is 0 Å². The Hall–Kier alpha value is -0.293. The second kappa shape index (κ2) is 4.71. The molecule has 6 heavy (non-hydrogen) atoms. The van der Waals surface area contributed by atoms with E-state index < -0.39 is 0 Å². The van der Waals surface area contributed by atoms with Crippen molar-refractivity contribution >= 4 is 10.2 Å². The van der Waals surface area contributed by atoms with E-state index in [1.807, 2.05) is 0 Å². The molecule has 0 spiro atoms. The van der Waals surface area contributed by atoms with Crippen molar-refractivity contribution in [3.8, 4) is 0 Å². The molecular weight excluding hydrogens is 90.1 g/mol. The van der Waals surface area contributed by atoms with Gasteiger partial charge in [0.1, 0.15) is 0 Å². The highest BCUT2D eigenvalue weighted by atomic mass is 28.1. The third-order valence-electron chi connectivity index (χ3n) is 0.623. The first-order valence-electron chi connectivity index (χ1n) is 2.25. The van der Waals surface area contributed by atoms with Crippen LogP contribution >= 0.6 is 0 Å². The van der Waals surface area contributed by atoms with E-state index in [0.29, 0.717) is 0 Å². The average molecular weight is 99.2 g/mol. The first kappa shape index (κ1) is 5.71. The van der Waals surface area contributed by atoms with Crippen molar-refractivity contribution in [3.63, 3.8) is 0 Å². The fraction of sp³-hybridized carbons (Fsp3) is 0.750. The van der Waals surface area contributed by atoms with Crippen molar-refractivity contribution in [2.45, 2.75) is 12.5 Å². The molecule has 34 valence electrons. The Balaban J connectivity index is 2.54. The molecule has 0 saturated heterocycles. The van der Waals surface area contributed by atoms with E-state index in [0.717, 1.165) is 13.0 Å². The molecule has 0 saturated carbocycles. The molecule has 0 aromatic heterocycles. The smallest absolute Gasteiger partial charge is 0.214 e. The van der Waals surface area contributed by atoms with Crippen LogP contribution in [0.1, 0.15) is 6.42 Å². The number of hydrogen-bond acceptors (Lipinski definition) is 0. The van der Waals surface area contributed by atoms with Gasteiger partial charge in [0.05, 0.1) is 0 Å². The third kappa shape index (κ3) is 3.71. The number of nitrogens with zero attached hydrogens (tertiary/aromatic N) is 1. The van der Waals surface area contributed by atoms with Gasteiger partial charge < -0.3 is 4.85 Å². The van der Waals surface area contributed by atoms with Crippen LogP contribution in [-0.2, 0) is 0 Å². The molecule has 0 heterocycles. The maximum atomic E-state index is 6.35. The molecule has 1 nitrogen and oxygen atoms in total. The molecule has 0 amide bonds. The lowest BCUT2D eigenvalue weighted by Gasteiger charge is -1.75. The lowest BCUT2D eigenvalue weighted by Crippen LogP contribution is -1.72. The summed E-state index contributed by atoms with van der Waals surface area (Å²) in [5, 5.41) is 0. The van der Waals surface area contributed by atoms with E-state index in [1.165, 1.54) is 16.3 Å². The minimum absolute atomic E-state index is 0.740.